The third kappa shape index (κ3) is 10.7. The number of methoxy groups -OCH3 is 2. The van der Waals surface area contributed by atoms with Crippen molar-refractivity contribution in [1.29, 1.82) is 0 Å². The third-order valence-corrected chi connectivity index (χ3v) is 4.57. The Kier molecular flexibility index (Phi) is 15.4. The number of hydroxylamine groups is 1. The van der Waals surface area contributed by atoms with Gasteiger partial charge in [0, 0.05) is 41.7 Å². The molecule has 0 aliphatic rings. The fourth-order valence-electron chi connectivity index (χ4n) is 2.71. The number of nitrogens with zero attached hydrogens (tertiary/aromatic N) is 1. The smallest absolute Gasteiger partial charge is 0.285 e. The molecule has 2 rings (SSSR count). The number of carbonyl (C=O) groups is 2. The fourth-order valence-corrected chi connectivity index (χ4v) is 3.17. The number of carbonyl (C=O) groups excluding carboxylic acids is 2. The molecule has 0 atom stereocenters. The van der Waals surface area contributed by atoms with Gasteiger partial charge >= 0.3 is 0 Å². The van der Waals surface area contributed by atoms with Crippen LogP contribution in [0.5, 0.6) is 11.5 Å². The Hall–Kier alpha value is -2.39. The summed E-state index contributed by atoms with van der Waals surface area (Å²) in [7, 11) is -0.846. The minimum atomic E-state index is -3.92. The van der Waals surface area contributed by atoms with E-state index in [1.807, 2.05) is 6.07 Å². The molecule has 1 radical (unpaired) electrons. The Morgan fingerprint density at radius 2 is 1.68 bits per heavy atom. The maximum absolute atomic E-state index is 12.4. The summed E-state index contributed by atoms with van der Waals surface area (Å²) in [6, 6.07) is 11.2. The zero-order valence-electron chi connectivity index (χ0n) is 19.5. The van der Waals surface area contributed by atoms with E-state index in [2.05, 4.69) is 5.32 Å². The predicted octanol–water partition coefficient (Wildman–Crippen LogP) is -1.17. The van der Waals surface area contributed by atoms with E-state index in [4.69, 9.17) is 19.5 Å². The number of anilines is 1. The summed E-state index contributed by atoms with van der Waals surface area (Å²) in [6.07, 6.45) is 1.36. The molecule has 0 bridgehead atoms. The van der Waals surface area contributed by atoms with Gasteiger partial charge in [0.05, 0.1) is 26.2 Å². The third-order valence-electron chi connectivity index (χ3n) is 4.12. The second kappa shape index (κ2) is 15.5. The fraction of sp³-hybridized carbons (Fsp3) is 0.300. The van der Waals surface area contributed by atoms with Crippen LogP contribution in [0.2, 0.25) is 0 Å². The van der Waals surface area contributed by atoms with Crippen LogP contribution in [0.4, 0.5) is 5.69 Å². The van der Waals surface area contributed by atoms with E-state index in [9.17, 15) is 18.0 Å². The molecule has 0 aliphatic carbocycles. The van der Waals surface area contributed by atoms with Crippen molar-refractivity contribution in [1.82, 2.24) is 5.32 Å². The Morgan fingerprint density at radius 1 is 1.03 bits per heavy atom. The average Bonchev–Trinajstić information content (AvgIpc) is 2.72. The number of hydrogen-bond donors (Lipinski definition) is 2. The molecule has 14 heteroatoms. The first-order valence-electron chi connectivity index (χ1n) is 9.17. The molecule has 0 saturated carbocycles. The summed E-state index contributed by atoms with van der Waals surface area (Å²) in [6.45, 7) is -0.121. The van der Waals surface area contributed by atoms with Crippen LogP contribution in [-0.4, -0.2) is 94.3 Å². The van der Waals surface area contributed by atoms with Crippen molar-refractivity contribution < 1.29 is 42.7 Å². The second-order valence-corrected chi connectivity index (χ2v) is 8.08. The minimum absolute atomic E-state index is 0. The molecule has 12 nitrogen and oxygen atoms in total. The van der Waals surface area contributed by atoms with Crippen molar-refractivity contribution >= 4 is 57.2 Å². The Bertz CT molecular complexity index is 1050. The zero-order valence-corrected chi connectivity index (χ0v) is 22.3. The summed E-state index contributed by atoms with van der Waals surface area (Å²) >= 11 is 0. The Labute approximate surface area is 220 Å². The number of nitrogens with one attached hydrogen (secondary N) is 1. The number of ether oxygens (including phenoxy) is 2. The largest absolute Gasteiger partial charge is 0.493 e. The van der Waals surface area contributed by atoms with E-state index < -0.39 is 28.5 Å². The number of nitrogens with two attached hydrogens (primary N) is 1. The molecular formula is C20H29N3NaO9S. The standard InChI is InChI=1S/C20H25N3O7S.Na.2H2O/c1-28-17-8-7-14(11-18(17)29-2)9-10-22-19(24)13-23(30-31(3,26)27)16-6-4-5-15(12-16)20(21)25;;;/h4-8,11-12H,9-10,13H2,1-3H3,(H2,21,25)(H,22,24);;2*1H2. The van der Waals surface area contributed by atoms with Gasteiger partial charge in [-0.25, -0.2) is 5.06 Å². The van der Waals surface area contributed by atoms with Crippen LogP contribution in [0.1, 0.15) is 15.9 Å². The van der Waals surface area contributed by atoms with Crippen molar-refractivity contribution in [3.05, 3.63) is 53.6 Å². The quantitative estimate of drug-likeness (QED) is 0.278. The Balaban J connectivity index is 0. The first-order chi connectivity index (χ1) is 14.6. The van der Waals surface area contributed by atoms with Gasteiger partial charge in [0.1, 0.15) is 6.54 Å². The molecule has 0 aliphatic heterocycles. The van der Waals surface area contributed by atoms with Gasteiger partial charge in [-0.15, -0.1) is 4.28 Å². The van der Waals surface area contributed by atoms with Gasteiger partial charge in [-0.2, -0.15) is 8.42 Å². The van der Waals surface area contributed by atoms with Crippen LogP contribution in [0.3, 0.4) is 0 Å². The first kappa shape index (κ1) is 33.8. The molecule has 0 spiro atoms. The van der Waals surface area contributed by atoms with Crippen LogP contribution in [0, 0.1) is 0 Å². The topological polar surface area (TPSA) is 200 Å². The van der Waals surface area contributed by atoms with Crippen molar-refractivity contribution in [3.63, 3.8) is 0 Å². The van der Waals surface area contributed by atoms with Crippen molar-refractivity contribution in [2.45, 2.75) is 6.42 Å². The number of hydrogen-bond acceptors (Lipinski definition) is 8. The molecule has 2 aromatic rings. The van der Waals surface area contributed by atoms with E-state index in [0.29, 0.717) is 24.5 Å². The molecule has 7 N–H and O–H groups in total. The Morgan fingerprint density at radius 3 is 2.24 bits per heavy atom. The minimum Gasteiger partial charge on any atom is -0.493 e. The van der Waals surface area contributed by atoms with Gasteiger partial charge < -0.3 is 31.5 Å². The summed E-state index contributed by atoms with van der Waals surface area (Å²) in [5.74, 6) is 0.00422. The van der Waals surface area contributed by atoms with E-state index in [0.717, 1.165) is 16.9 Å². The molecule has 34 heavy (non-hydrogen) atoms. The van der Waals surface area contributed by atoms with Crippen LogP contribution in [-0.2, 0) is 25.6 Å². The van der Waals surface area contributed by atoms with Gasteiger partial charge in [-0.1, -0.05) is 12.1 Å². The monoisotopic (exact) mass is 510 g/mol. The van der Waals surface area contributed by atoms with Crippen LogP contribution < -0.4 is 25.6 Å². The van der Waals surface area contributed by atoms with E-state index in [1.54, 1.807) is 19.2 Å². The van der Waals surface area contributed by atoms with Gasteiger partial charge in [0.15, 0.2) is 11.5 Å². The number of benzene rings is 2. The SMILES string of the molecule is COc1ccc(CCNC(=O)CN(OS(C)(=O)=O)c2cccc(C(N)=O)c2)cc1OC.O.O.[Na]. The molecule has 2 amide bonds. The first-order valence-corrected chi connectivity index (χ1v) is 11.0. The number of primary amides is 1. The molecule has 0 aromatic heterocycles. The number of amides is 2. The van der Waals surface area contributed by atoms with Gasteiger partial charge in [-0.05, 0) is 42.3 Å². The zero-order chi connectivity index (χ0) is 23.0. The summed E-state index contributed by atoms with van der Waals surface area (Å²) in [4.78, 5) is 23.8. The molecule has 0 unspecified atom stereocenters. The van der Waals surface area contributed by atoms with Gasteiger partial charge in [0.2, 0.25) is 11.8 Å². The van der Waals surface area contributed by atoms with Crippen LogP contribution in [0.15, 0.2) is 42.5 Å². The second-order valence-electron chi connectivity index (χ2n) is 6.52. The van der Waals surface area contributed by atoms with Gasteiger partial charge in [-0.3, -0.25) is 9.59 Å². The van der Waals surface area contributed by atoms with Crippen LogP contribution in [0.25, 0.3) is 0 Å². The maximum Gasteiger partial charge on any atom is 0.285 e. The molecule has 0 saturated heterocycles. The average molecular weight is 511 g/mol. The van der Waals surface area contributed by atoms with E-state index in [-0.39, 0.29) is 51.8 Å². The van der Waals surface area contributed by atoms with Crippen molar-refractivity contribution in [2.24, 2.45) is 5.73 Å². The summed E-state index contributed by atoms with van der Waals surface area (Å²) < 4.78 is 38.6. The van der Waals surface area contributed by atoms with Gasteiger partial charge in [0.25, 0.3) is 10.1 Å². The van der Waals surface area contributed by atoms with Crippen molar-refractivity contribution in [3.8, 4) is 11.5 Å². The van der Waals surface area contributed by atoms with E-state index in [1.165, 1.54) is 31.4 Å². The molecule has 185 valence electrons. The van der Waals surface area contributed by atoms with Crippen LogP contribution >= 0.6 is 0 Å². The normalized spacial score (nSPS) is 9.97. The van der Waals surface area contributed by atoms with Crippen molar-refractivity contribution in [2.75, 3.05) is 38.6 Å². The maximum atomic E-state index is 12.4. The summed E-state index contributed by atoms with van der Waals surface area (Å²) in [5, 5.41) is 3.58. The predicted molar refractivity (Wildman–Crippen MR) is 127 cm³/mol. The van der Waals surface area contributed by atoms with E-state index >= 15 is 0 Å². The number of rotatable bonds is 11. The molecular weight excluding hydrogens is 481 g/mol. The molecule has 0 fully saturated rings. The molecule has 0 heterocycles. The summed E-state index contributed by atoms with van der Waals surface area (Å²) in [5.41, 5.74) is 6.51. The molecule has 2 aromatic carbocycles.